The molecule has 0 bridgehead atoms. The van der Waals surface area contributed by atoms with Crippen molar-refractivity contribution < 1.29 is 32.7 Å². The van der Waals surface area contributed by atoms with Gasteiger partial charge in [0, 0.05) is 19.7 Å². The van der Waals surface area contributed by atoms with Crippen molar-refractivity contribution in [1.29, 1.82) is 5.26 Å². The largest absolute Gasteiger partial charge is 0.457 e. The van der Waals surface area contributed by atoms with E-state index in [9.17, 15) is 33.2 Å². The Hall–Kier alpha value is -3.53. The van der Waals surface area contributed by atoms with E-state index in [4.69, 9.17) is 16.3 Å². The minimum absolute atomic E-state index is 0.109. The number of nitriles is 1. The highest BCUT2D eigenvalue weighted by Gasteiger charge is 2.57. The van der Waals surface area contributed by atoms with Gasteiger partial charge in [0.05, 0.1) is 12.6 Å². The molecule has 3 aliphatic rings. The number of likely N-dealkylation sites (tertiary alicyclic amines) is 1. The van der Waals surface area contributed by atoms with Crippen LogP contribution in [0.2, 0.25) is 0 Å². The van der Waals surface area contributed by atoms with E-state index in [0.717, 1.165) is 17.7 Å². The van der Waals surface area contributed by atoms with Crippen LogP contribution < -0.4 is 15.4 Å². The molecule has 1 aromatic heterocycles. The molecule has 2 fully saturated rings. The van der Waals surface area contributed by atoms with Gasteiger partial charge in [-0.05, 0) is 43.0 Å². The number of hydrogen-bond acceptors (Lipinski definition) is 7. The molecule has 1 saturated heterocycles. The molecule has 4 amide bonds. The number of pyridine rings is 1. The molecule has 2 aliphatic heterocycles. The average Bonchev–Trinajstić information content (AvgIpc) is 3.60. The van der Waals surface area contributed by atoms with E-state index < -0.39 is 52.7 Å². The Morgan fingerprint density at radius 3 is 2.78 bits per heavy atom. The molecule has 1 aromatic rings. The molecule has 4 rings (SSSR count). The van der Waals surface area contributed by atoms with Crippen LogP contribution in [0, 0.1) is 17.2 Å². The third kappa shape index (κ3) is 5.29. The van der Waals surface area contributed by atoms with Crippen LogP contribution >= 0.6 is 11.6 Å². The highest BCUT2D eigenvalue weighted by atomic mass is 35.5. The summed E-state index contributed by atoms with van der Waals surface area (Å²) in [6.45, 7) is 0.950. The van der Waals surface area contributed by atoms with Crippen LogP contribution in [0.25, 0.3) is 0 Å². The zero-order valence-corrected chi connectivity index (χ0v) is 20.8. The zero-order valence-electron chi connectivity index (χ0n) is 20.0. The summed E-state index contributed by atoms with van der Waals surface area (Å²) in [6.07, 6.45) is 3.33. The number of aromatic nitrogens is 1. The first-order valence-electron chi connectivity index (χ1n) is 11.7. The number of ether oxygens (including phenoxy) is 1. The van der Waals surface area contributed by atoms with Crippen molar-refractivity contribution in [3.63, 3.8) is 0 Å². The van der Waals surface area contributed by atoms with Crippen LogP contribution in [0.1, 0.15) is 32.6 Å². The molecule has 0 radical (unpaired) electrons. The van der Waals surface area contributed by atoms with Crippen LogP contribution in [-0.4, -0.2) is 81.1 Å². The van der Waals surface area contributed by atoms with Gasteiger partial charge in [0.15, 0.2) is 0 Å². The number of hydrogen-bond donors (Lipinski definition) is 2. The Morgan fingerprint density at radius 2 is 2.16 bits per heavy atom. The lowest BCUT2D eigenvalue weighted by Gasteiger charge is -2.35. The highest BCUT2D eigenvalue weighted by Crippen LogP contribution is 2.40. The molecule has 0 aromatic carbocycles. The van der Waals surface area contributed by atoms with Crippen molar-refractivity contribution in [2.24, 2.45) is 5.92 Å². The summed E-state index contributed by atoms with van der Waals surface area (Å²) in [5, 5.41) is 10.2. The summed E-state index contributed by atoms with van der Waals surface area (Å²) >= 11 is 4.72. The second-order valence-electron chi connectivity index (χ2n) is 9.56. The van der Waals surface area contributed by atoms with E-state index in [1.807, 2.05) is 11.4 Å². The van der Waals surface area contributed by atoms with Gasteiger partial charge in [0.2, 0.25) is 23.3 Å². The monoisotopic (exact) mass is 538 g/mol. The van der Waals surface area contributed by atoms with Gasteiger partial charge in [0.1, 0.15) is 23.8 Å². The Labute approximate surface area is 216 Å². The number of anilines is 1. The van der Waals surface area contributed by atoms with Gasteiger partial charge in [-0.1, -0.05) is 12.8 Å². The maximum Gasteiger partial charge on any atom is 0.399 e. The van der Waals surface area contributed by atoms with Crippen LogP contribution in [0.4, 0.5) is 14.5 Å². The summed E-state index contributed by atoms with van der Waals surface area (Å²) < 4.78 is 32.1. The normalized spacial score (nSPS) is 24.3. The lowest BCUT2D eigenvalue weighted by molar-refractivity contribution is -0.148. The number of carbonyl (C=O) groups excluding carboxylic acids is 4. The SMILES string of the molecule is CC(NC(=O)C(F)(F)Cl)C(=O)N(C)C(CC1CC1)C(=O)N1CC2(CC1C#N)Oc1ncccc1NC2=O. The topological polar surface area (TPSA) is 145 Å². The fourth-order valence-corrected chi connectivity index (χ4v) is 4.63. The van der Waals surface area contributed by atoms with Gasteiger partial charge in [-0.15, -0.1) is 0 Å². The summed E-state index contributed by atoms with van der Waals surface area (Å²) in [5.74, 6) is -3.42. The number of alkyl halides is 3. The molecule has 1 spiro atoms. The average molecular weight is 539 g/mol. The number of carbonyl (C=O) groups is 4. The predicted molar refractivity (Wildman–Crippen MR) is 124 cm³/mol. The smallest absolute Gasteiger partial charge is 0.399 e. The van der Waals surface area contributed by atoms with Gasteiger partial charge in [-0.25, -0.2) is 4.98 Å². The molecule has 2 N–H and O–H groups in total. The Morgan fingerprint density at radius 1 is 1.46 bits per heavy atom. The molecule has 4 unspecified atom stereocenters. The molecule has 14 heteroatoms. The number of fused-ring (bicyclic) bond motifs is 1. The summed E-state index contributed by atoms with van der Waals surface area (Å²) in [5.41, 5.74) is -1.18. The summed E-state index contributed by atoms with van der Waals surface area (Å²) in [7, 11) is 1.33. The molecule has 1 aliphatic carbocycles. The van der Waals surface area contributed by atoms with Crippen molar-refractivity contribution >= 4 is 40.9 Å². The van der Waals surface area contributed by atoms with Crippen LogP contribution in [0.3, 0.4) is 0 Å². The quantitative estimate of drug-likeness (QED) is 0.497. The second kappa shape index (κ2) is 9.74. The van der Waals surface area contributed by atoms with Gasteiger partial charge in [0.25, 0.3) is 5.91 Å². The number of amides is 4. The highest BCUT2D eigenvalue weighted by molar-refractivity contribution is 6.32. The van der Waals surface area contributed by atoms with Crippen LogP contribution in [-0.2, 0) is 19.2 Å². The number of rotatable bonds is 7. The van der Waals surface area contributed by atoms with E-state index in [-0.39, 0.29) is 31.2 Å². The molecule has 11 nitrogen and oxygen atoms in total. The zero-order chi connectivity index (χ0) is 27.1. The molecule has 1 saturated carbocycles. The molecule has 4 atom stereocenters. The van der Waals surface area contributed by atoms with Crippen molar-refractivity contribution in [1.82, 2.24) is 20.1 Å². The Bertz CT molecular complexity index is 1170. The molecular formula is C23H25ClF2N6O5. The third-order valence-corrected chi connectivity index (χ3v) is 6.98. The third-order valence-electron chi connectivity index (χ3n) is 6.81. The van der Waals surface area contributed by atoms with E-state index in [0.29, 0.717) is 5.69 Å². The van der Waals surface area contributed by atoms with Crippen molar-refractivity contribution in [3.05, 3.63) is 18.3 Å². The van der Waals surface area contributed by atoms with E-state index in [1.54, 1.807) is 12.1 Å². The maximum atomic E-state index is 13.8. The van der Waals surface area contributed by atoms with Gasteiger partial charge in [-0.3, -0.25) is 19.2 Å². The first-order valence-corrected chi connectivity index (χ1v) is 12.0. The molecular weight excluding hydrogens is 514 g/mol. The first kappa shape index (κ1) is 26.5. The summed E-state index contributed by atoms with van der Waals surface area (Å²) in [6, 6.07) is 1.78. The second-order valence-corrected chi connectivity index (χ2v) is 10.0. The number of halogens is 3. The minimum Gasteiger partial charge on any atom is -0.457 e. The first-order chi connectivity index (χ1) is 17.4. The number of nitrogens with one attached hydrogen (secondary N) is 2. The minimum atomic E-state index is -4.20. The number of likely N-dealkylation sites (N-methyl/N-ethyl adjacent to an activating group) is 1. The van der Waals surface area contributed by atoms with Crippen molar-refractivity contribution in [2.75, 3.05) is 18.9 Å². The van der Waals surface area contributed by atoms with Gasteiger partial charge >= 0.3 is 11.3 Å². The van der Waals surface area contributed by atoms with E-state index >= 15 is 0 Å². The number of nitrogens with zero attached hydrogens (tertiary/aromatic N) is 4. The molecule has 3 heterocycles. The lowest BCUT2D eigenvalue weighted by atomic mass is 9.97. The van der Waals surface area contributed by atoms with Crippen LogP contribution in [0.15, 0.2) is 18.3 Å². The Balaban J connectivity index is 1.55. The molecule has 37 heavy (non-hydrogen) atoms. The molecule has 198 valence electrons. The lowest BCUT2D eigenvalue weighted by Crippen LogP contribution is -2.57. The summed E-state index contributed by atoms with van der Waals surface area (Å²) in [4.78, 5) is 57.7. The van der Waals surface area contributed by atoms with Crippen LogP contribution in [0.5, 0.6) is 5.88 Å². The van der Waals surface area contributed by atoms with E-state index in [2.05, 4.69) is 10.3 Å². The van der Waals surface area contributed by atoms with Crippen molar-refractivity contribution in [2.45, 2.75) is 61.7 Å². The maximum absolute atomic E-state index is 13.8. The fraction of sp³-hybridized carbons (Fsp3) is 0.565. The Kier molecular flexibility index (Phi) is 6.98. The van der Waals surface area contributed by atoms with Gasteiger partial charge < -0.3 is 25.2 Å². The van der Waals surface area contributed by atoms with E-state index in [1.165, 1.54) is 25.1 Å². The van der Waals surface area contributed by atoms with Gasteiger partial charge in [-0.2, -0.15) is 14.0 Å². The fourth-order valence-electron chi connectivity index (χ4n) is 4.58. The van der Waals surface area contributed by atoms with Crippen molar-refractivity contribution in [3.8, 4) is 11.9 Å². The predicted octanol–water partition coefficient (Wildman–Crippen LogP) is 1.24. The standard InChI is InChI=1S/C23H25ClF2N6O5/c1-12(29-21(36)23(24,25)26)18(33)31(2)16(8-13-5-6-13)19(34)32-11-22(9-14(32)10-27)20(35)30-15-4-3-7-28-17(15)37-22/h3-4,7,12-14,16H,5-6,8-9,11H2,1-2H3,(H,29,36)(H,30,35).